The van der Waals surface area contributed by atoms with E-state index in [2.05, 4.69) is 225 Å². The Hall–Kier alpha value is -4.28. The van der Waals surface area contributed by atoms with E-state index in [1.165, 1.54) is 145 Å². The molecule has 4 heteroatoms. The Morgan fingerprint density at radius 3 is 1.40 bits per heavy atom. The number of nitrogens with zero attached hydrogens (tertiary/aromatic N) is 2. The average molecular weight is 973 g/mol. The fourth-order valence-electron chi connectivity index (χ4n) is 14.8. The van der Waals surface area contributed by atoms with Crippen molar-refractivity contribution in [3.05, 3.63) is 123 Å². The van der Waals surface area contributed by atoms with Gasteiger partial charge in [0.1, 0.15) is 0 Å². The topological polar surface area (TPSA) is 6.48 Å². The normalized spacial score (nSPS) is 24.1. The third-order valence-corrected chi connectivity index (χ3v) is 21.6. The van der Waals surface area contributed by atoms with Crippen LogP contribution in [0.15, 0.2) is 72.8 Å². The van der Waals surface area contributed by atoms with Crippen LogP contribution >= 0.6 is 11.3 Å². The highest BCUT2D eigenvalue weighted by molar-refractivity contribution is 7.33. The number of hydrogen-bond acceptors (Lipinski definition) is 3. The van der Waals surface area contributed by atoms with E-state index in [1.807, 2.05) is 0 Å². The van der Waals surface area contributed by atoms with Crippen molar-refractivity contribution < 1.29 is 0 Å². The van der Waals surface area contributed by atoms with Crippen LogP contribution in [0.3, 0.4) is 0 Å². The monoisotopic (exact) mass is 973 g/mol. The highest BCUT2D eigenvalue weighted by atomic mass is 32.1. The van der Waals surface area contributed by atoms with Crippen LogP contribution in [-0.2, 0) is 48.7 Å². The maximum Gasteiger partial charge on any atom is 0.264 e. The van der Waals surface area contributed by atoms with E-state index >= 15 is 0 Å². The highest BCUT2D eigenvalue weighted by Gasteiger charge is 2.52. The summed E-state index contributed by atoms with van der Waals surface area (Å²) in [5.74, 6) is 0. The van der Waals surface area contributed by atoms with Crippen molar-refractivity contribution in [1.29, 1.82) is 0 Å². The summed E-state index contributed by atoms with van der Waals surface area (Å²) in [6, 6.07) is 31.6. The number of fused-ring (bicyclic) bond motifs is 10. The van der Waals surface area contributed by atoms with Crippen LogP contribution in [0.25, 0.3) is 10.1 Å². The number of anilines is 6. The van der Waals surface area contributed by atoms with Gasteiger partial charge in [-0.1, -0.05) is 150 Å². The van der Waals surface area contributed by atoms with Crippen molar-refractivity contribution in [3.8, 4) is 0 Å². The molecule has 5 aliphatic carbocycles. The lowest BCUT2D eigenvalue weighted by Gasteiger charge is -2.52. The smallest absolute Gasteiger partial charge is 0.264 e. The molecule has 0 radical (unpaired) electrons. The Kier molecular flexibility index (Phi) is 9.98. The molecule has 5 aromatic carbocycles. The quantitative estimate of drug-likeness (QED) is 0.159. The summed E-state index contributed by atoms with van der Waals surface area (Å²) in [5.41, 5.74) is 25.2. The van der Waals surface area contributed by atoms with Gasteiger partial charge in [-0.2, -0.15) is 0 Å². The molecule has 3 heterocycles. The third kappa shape index (κ3) is 6.97. The molecule has 376 valence electrons. The Morgan fingerprint density at radius 2 is 0.875 bits per heavy atom. The van der Waals surface area contributed by atoms with Crippen LogP contribution in [-0.4, -0.2) is 6.71 Å². The summed E-state index contributed by atoms with van der Waals surface area (Å²) < 4.78 is 2.97. The zero-order valence-corrected chi connectivity index (χ0v) is 48.8. The van der Waals surface area contributed by atoms with E-state index in [0.29, 0.717) is 0 Å². The molecule has 1 aromatic heterocycles. The summed E-state index contributed by atoms with van der Waals surface area (Å²) in [5, 5.41) is 1.45. The molecule has 0 saturated heterocycles. The van der Waals surface area contributed by atoms with E-state index in [-0.39, 0.29) is 55.4 Å². The van der Waals surface area contributed by atoms with Crippen LogP contribution in [0.4, 0.5) is 34.1 Å². The molecule has 72 heavy (non-hydrogen) atoms. The van der Waals surface area contributed by atoms with E-state index < -0.39 is 0 Å². The molecule has 7 aliphatic rings. The van der Waals surface area contributed by atoms with Crippen LogP contribution in [0.5, 0.6) is 0 Å². The number of thiophene rings is 1. The van der Waals surface area contributed by atoms with Gasteiger partial charge in [-0.15, -0.1) is 11.3 Å². The molecule has 0 atom stereocenters. The molecule has 2 bridgehead atoms. The van der Waals surface area contributed by atoms with Crippen LogP contribution in [0, 0.1) is 0 Å². The number of benzene rings is 5. The molecule has 2 nitrogen and oxygen atoms in total. The Morgan fingerprint density at radius 1 is 0.417 bits per heavy atom. The zero-order chi connectivity index (χ0) is 51.6. The van der Waals surface area contributed by atoms with Gasteiger partial charge in [-0.05, 0) is 216 Å². The predicted molar refractivity (Wildman–Crippen MR) is 316 cm³/mol. The minimum atomic E-state index is -0.106. The van der Waals surface area contributed by atoms with Gasteiger partial charge in [0.2, 0.25) is 0 Å². The van der Waals surface area contributed by atoms with E-state index in [0.717, 1.165) is 0 Å². The van der Waals surface area contributed by atoms with Gasteiger partial charge in [-0.25, -0.2) is 0 Å². The minimum absolute atomic E-state index is 0.0317. The van der Waals surface area contributed by atoms with Gasteiger partial charge in [-0.3, -0.25) is 0 Å². The SMILES string of the molecule is CC(C)(C)c1cc(N2c3cc4c(cc3B3c5sc6cc7c(cc6c5N(c5ccc6c(c5)C(C)(C)CCC6(C)C)c5cc(C(C)(C)C)cc2c53)C2(C)CCC7(C)CC2)C(C)(C)CCC4(C)C)cc(C(C)(C)C)c1. The second-order valence-electron chi connectivity index (χ2n) is 30.6. The van der Waals surface area contributed by atoms with Crippen molar-refractivity contribution >= 4 is 78.0 Å². The van der Waals surface area contributed by atoms with E-state index in [9.17, 15) is 0 Å². The lowest BCUT2D eigenvalue weighted by molar-refractivity contribution is 0.188. The maximum absolute atomic E-state index is 2.81. The third-order valence-electron chi connectivity index (χ3n) is 20.4. The summed E-state index contributed by atoms with van der Waals surface area (Å²) in [4.78, 5) is 5.59. The van der Waals surface area contributed by atoms with Crippen LogP contribution in [0.2, 0.25) is 0 Å². The average Bonchev–Trinajstić information content (AvgIpc) is 3.66. The molecular weight excluding hydrogens is 888 g/mol. The predicted octanol–water partition coefficient (Wildman–Crippen LogP) is 17.7. The van der Waals surface area contributed by atoms with E-state index in [4.69, 9.17) is 0 Å². The first kappa shape index (κ1) is 48.7. The Bertz CT molecular complexity index is 3270. The summed E-state index contributed by atoms with van der Waals surface area (Å²) in [6.45, 7) is 47.0. The van der Waals surface area contributed by atoms with Crippen LogP contribution in [0.1, 0.15) is 233 Å². The number of hydrogen-bond donors (Lipinski definition) is 0. The lowest BCUT2D eigenvalue weighted by Crippen LogP contribution is -2.61. The fraction of sp³-hybridized carbons (Fsp3) is 0.529. The van der Waals surface area contributed by atoms with Crippen molar-refractivity contribution in [3.63, 3.8) is 0 Å². The highest BCUT2D eigenvalue weighted by Crippen LogP contribution is 2.60. The fourth-order valence-corrected chi connectivity index (χ4v) is 16.1. The minimum Gasteiger partial charge on any atom is -0.311 e. The summed E-state index contributed by atoms with van der Waals surface area (Å²) in [7, 11) is 0. The molecule has 6 aromatic rings. The summed E-state index contributed by atoms with van der Waals surface area (Å²) >= 11 is 2.12. The summed E-state index contributed by atoms with van der Waals surface area (Å²) in [6.07, 6.45) is 9.93. The van der Waals surface area contributed by atoms with Gasteiger partial charge >= 0.3 is 0 Å². The second-order valence-corrected chi connectivity index (χ2v) is 31.7. The molecule has 0 amide bonds. The van der Waals surface area contributed by atoms with Gasteiger partial charge in [0.05, 0.1) is 5.69 Å². The van der Waals surface area contributed by atoms with Gasteiger partial charge < -0.3 is 9.80 Å². The first-order chi connectivity index (χ1) is 33.2. The molecule has 13 rings (SSSR count). The Balaban J connectivity index is 1.26. The first-order valence-electron chi connectivity index (χ1n) is 28.1. The van der Waals surface area contributed by atoms with Gasteiger partial charge in [0.25, 0.3) is 6.71 Å². The van der Waals surface area contributed by atoms with Crippen molar-refractivity contribution in [1.82, 2.24) is 0 Å². The van der Waals surface area contributed by atoms with Crippen molar-refractivity contribution in [2.24, 2.45) is 0 Å². The van der Waals surface area contributed by atoms with Crippen molar-refractivity contribution in [2.45, 2.75) is 232 Å². The standard InChI is InChI=1S/C68H85BN2S/c1-60(2,3)40-30-41(61(4,5)6)32-44(31-40)70-53-38-49-48(65(14,15)24-25-66(49,16)17)37-52(53)69-57-54(70)33-42(62(7,8)9)34-55(57)71(43-20-21-46-47(35-43)64(12,13)23-22-63(46,10)11)58-45-36-50-51(39-56(45)72-59(58)69)68(19)28-26-67(50,18)27-29-68/h20-21,30-39H,22-29H2,1-19H3. The van der Waals surface area contributed by atoms with Gasteiger partial charge in [0.15, 0.2) is 0 Å². The molecule has 0 spiro atoms. The molecule has 1 saturated carbocycles. The zero-order valence-electron chi connectivity index (χ0n) is 48.0. The Labute approximate surface area is 439 Å². The van der Waals surface area contributed by atoms with Crippen LogP contribution < -0.4 is 25.5 Å². The largest absolute Gasteiger partial charge is 0.311 e. The molecule has 2 aliphatic heterocycles. The number of rotatable bonds is 2. The molecule has 0 N–H and O–H groups in total. The maximum atomic E-state index is 2.81. The first-order valence-corrected chi connectivity index (χ1v) is 28.9. The molecular formula is C68H85BN2S. The lowest BCUT2D eigenvalue weighted by atomic mass is 9.35. The second kappa shape index (κ2) is 14.8. The van der Waals surface area contributed by atoms with Crippen molar-refractivity contribution in [2.75, 3.05) is 9.80 Å². The van der Waals surface area contributed by atoms with E-state index in [1.54, 1.807) is 16.7 Å². The van der Waals surface area contributed by atoms with Gasteiger partial charge in [0, 0.05) is 43.3 Å². The molecule has 0 unspecified atom stereocenters. The molecule has 1 fully saturated rings.